The Labute approximate surface area is 260 Å². The second-order valence-corrected chi connectivity index (χ2v) is 9.69. The number of nitrogens with one attached hydrogen (secondary N) is 3. The molecule has 4 rings (SSSR count). The first-order chi connectivity index (χ1) is 21.7. The Morgan fingerprint density at radius 3 is 2.33 bits per heavy atom. The van der Waals surface area contributed by atoms with Gasteiger partial charge in [-0.15, -0.1) is 0 Å². The van der Waals surface area contributed by atoms with Gasteiger partial charge in [-0.05, 0) is 36.4 Å². The fraction of sp³-hybridized carbons (Fsp3) is 0.103. The third kappa shape index (κ3) is 7.24. The quantitative estimate of drug-likeness (QED) is 0.0690. The zero-order valence-electron chi connectivity index (χ0n) is 23.3. The number of rotatable bonds is 9. The minimum absolute atomic E-state index is 0.0748. The first-order valence-corrected chi connectivity index (χ1v) is 13.2. The predicted molar refractivity (Wildman–Crippen MR) is 157 cm³/mol. The van der Waals surface area contributed by atoms with Crippen LogP contribution in [-0.2, 0) is 25.3 Å². The number of nitrogens with two attached hydrogens (primary N) is 1. The van der Waals surface area contributed by atoms with E-state index >= 15 is 0 Å². The maximum Gasteiger partial charge on any atom is 0.417 e. The molecule has 0 radical (unpaired) electrons. The zero-order valence-corrected chi connectivity index (χ0v) is 24.0. The number of benzene rings is 3. The molecule has 4 aromatic rings. The van der Waals surface area contributed by atoms with Crippen molar-refractivity contribution in [1.82, 2.24) is 15.4 Å². The van der Waals surface area contributed by atoms with Crippen molar-refractivity contribution < 1.29 is 41.9 Å². The maximum atomic E-state index is 13.6. The van der Waals surface area contributed by atoms with Gasteiger partial charge in [-0.3, -0.25) is 19.2 Å². The van der Waals surface area contributed by atoms with Crippen LogP contribution in [0.15, 0.2) is 76.6 Å². The molecule has 0 saturated carbocycles. The van der Waals surface area contributed by atoms with Crippen LogP contribution >= 0.6 is 11.6 Å². The topological polar surface area (TPSA) is 203 Å². The molecular formula is C29H20ClF3N6O7. The first kappa shape index (κ1) is 33.0. The van der Waals surface area contributed by atoms with Crippen LogP contribution in [0.25, 0.3) is 11.0 Å². The standard InChI is InChI=1S/C29H20ClF3N6O7/c1-46-27(44)22(38-39-28(34)45)20(24(41)26(43)35-15-8-9-17(30)16(12-15)29(31,32)33)21-25(42)37-18-10-7-14(11-19(18)36-21)23(40)13-5-3-2-4-6-13/h2-12,20H,1H3,(H,35,43)(H,37,42)(H3,34,39,45)/b38-22-. The number of H-pyrrole nitrogens is 1. The van der Waals surface area contributed by atoms with E-state index in [4.69, 9.17) is 17.3 Å². The van der Waals surface area contributed by atoms with Crippen LogP contribution < -0.4 is 22.0 Å². The average Bonchev–Trinajstić information content (AvgIpc) is 3.02. The number of ether oxygens (including phenoxy) is 1. The minimum atomic E-state index is -4.92. The molecule has 13 nitrogen and oxygen atoms in total. The molecule has 0 saturated heterocycles. The summed E-state index contributed by atoms with van der Waals surface area (Å²) >= 11 is 5.61. The summed E-state index contributed by atoms with van der Waals surface area (Å²) in [5.74, 6) is -7.40. The number of ketones is 2. The number of Topliss-reactive ketones (excluding diaryl/α,β-unsaturated/α-hetero) is 1. The molecule has 236 valence electrons. The summed E-state index contributed by atoms with van der Waals surface area (Å²) in [6, 6.07) is 13.1. The van der Waals surface area contributed by atoms with Gasteiger partial charge in [0.2, 0.25) is 5.78 Å². The van der Waals surface area contributed by atoms with Crippen LogP contribution in [0.3, 0.4) is 0 Å². The van der Waals surface area contributed by atoms with Gasteiger partial charge in [-0.1, -0.05) is 41.9 Å². The van der Waals surface area contributed by atoms with Crippen molar-refractivity contribution in [2.45, 2.75) is 12.1 Å². The van der Waals surface area contributed by atoms with Gasteiger partial charge >= 0.3 is 18.2 Å². The highest BCUT2D eigenvalue weighted by molar-refractivity contribution is 6.53. The van der Waals surface area contributed by atoms with Gasteiger partial charge in [0, 0.05) is 16.8 Å². The normalized spacial score (nSPS) is 12.2. The van der Waals surface area contributed by atoms with Crippen molar-refractivity contribution in [3.8, 4) is 0 Å². The molecule has 0 aliphatic rings. The fourth-order valence-corrected chi connectivity index (χ4v) is 4.38. The highest BCUT2D eigenvalue weighted by Gasteiger charge is 2.40. The summed E-state index contributed by atoms with van der Waals surface area (Å²) in [4.78, 5) is 83.7. The molecule has 46 heavy (non-hydrogen) atoms. The minimum Gasteiger partial charge on any atom is -0.464 e. The van der Waals surface area contributed by atoms with E-state index in [9.17, 15) is 41.9 Å². The van der Waals surface area contributed by atoms with Crippen molar-refractivity contribution in [2.24, 2.45) is 10.8 Å². The molecule has 0 aliphatic heterocycles. The number of hydrogen-bond acceptors (Lipinski definition) is 9. The van der Waals surface area contributed by atoms with Crippen molar-refractivity contribution in [1.29, 1.82) is 0 Å². The molecule has 1 heterocycles. The Hall–Kier alpha value is -5.90. The van der Waals surface area contributed by atoms with Crippen LogP contribution in [0, 0.1) is 0 Å². The lowest BCUT2D eigenvalue weighted by atomic mass is 9.93. The molecule has 1 aromatic heterocycles. The van der Waals surface area contributed by atoms with Crippen molar-refractivity contribution >= 4 is 63.5 Å². The molecule has 3 amide bonds. The van der Waals surface area contributed by atoms with Gasteiger partial charge in [0.1, 0.15) is 11.6 Å². The third-order valence-corrected chi connectivity index (χ3v) is 6.59. The number of methoxy groups -OCH3 is 1. The number of primary amides is 1. The Morgan fingerprint density at radius 2 is 1.70 bits per heavy atom. The Balaban J connectivity index is 1.85. The summed E-state index contributed by atoms with van der Waals surface area (Å²) in [6.45, 7) is 0. The number of hydrazone groups is 1. The third-order valence-electron chi connectivity index (χ3n) is 6.26. The number of hydrogen-bond donors (Lipinski definition) is 4. The van der Waals surface area contributed by atoms with E-state index in [1.807, 2.05) is 5.32 Å². The second-order valence-electron chi connectivity index (χ2n) is 9.29. The SMILES string of the molecule is COC(=O)/C(=N\NC(N)=O)C(C(=O)C(=O)Nc1ccc(Cl)c(C(F)(F)F)c1)c1nc2cc(C(=O)c3ccccc3)ccc2[nH]c1=O. The number of aromatic amines is 1. The molecule has 0 bridgehead atoms. The highest BCUT2D eigenvalue weighted by atomic mass is 35.5. The lowest BCUT2D eigenvalue weighted by Crippen LogP contribution is -2.41. The summed E-state index contributed by atoms with van der Waals surface area (Å²) in [6.07, 6.45) is -4.92. The van der Waals surface area contributed by atoms with Crippen LogP contribution in [-0.4, -0.2) is 52.3 Å². The van der Waals surface area contributed by atoms with Gasteiger partial charge < -0.3 is 20.8 Å². The van der Waals surface area contributed by atoms with Crippen molar-refractivity contribution in [3.63, 3.8) is 0 Å². The highest BCUT2D eigenvalue weighted by Crippen LogP contribution is 2.36. The van der Waals surface area contributed by atoms with Gasteiger partial charge in [-0.25, -0.2) is 20.0 Å². The fourth-order valence-electron chi connectivity index (χ4n) is 4.16. The number of carbonyl (C=O) groups excluding carboxylic acids is 5. The van der Waals surface area contributed by atoms with E-state index in [0.717, 1.165) is 19.2 Å². The van der Waals surface area contributed by atoms with Crippen LogP contribution in [0.1, 0.15) is 33.1 Å². The molecule has 5 N–H and O–H groups in total. The molecule has 0 aliphatic carbocycles. The number of alkyl halides is 3. The molecule has 3 aromatic carbocycles. The van der Waals surface area contributed by atoms with Crippen molar-refractivity contribution in [2.75, 3.05) is 12.4 Å². The molecule has 1 unspecified atom stereocenters. The molecule has 17 heteroatoms. The lowest BCUT2D eigenvalue weighted by molar-refractivity contribution is -0.137. The number of amides is 3. The number of fused-ring (bicyclic) bond motifs is 1. The largest absolute Gasteiger partial charge is 0.464 e. The number of urea groups is 1. The summed E-state index contributed by atoms with van der Waals surface area (Å²) < 4.78 is 44.7. The number of nitrogens with zero attached hydrogens (tertiary/aromatic N) is 2. The number of esters is 1. The Morgan fingerprint density at radius 1 is 1.00 bits per heavy atom. The van der Waals surface area contributed by atoms with E-state index in [1.54, 1.807) is 35.8 Å². The van der Waals surface area contributed by atoms with Gasteiger partial charge in [0.15, 0.2) is 11.5 Å². The molecule has 0 spiro atoms. The molecule has 1 atom stereocenters. The van der Waals surface area contributed by atoms with Crippen LogP contribution in [0.2, 0.25) is 5.02 Å². The predicted octanol–water partition coefficient (Wildman–Crippen LogP) is 3.32. The average molecular weight is 657 g/mol. The first-order valence-electron chi connectivity index (χ1n) is 12.8. The summed E-state index contributed by atoms with van der Waals surface area (Å²) in [5.41, 5.74) is 2.36. The Kier molecular flexibility index (Phi) is 9.61. The number of anilines is 1. The summed E-state index contributed by atoms with van der Waals surface area (Å²) in [5, 5.41) is 4.72. The summed E-state index contributed by atoms with van der Waals surface area (Å²) in [7, 11) is 0.857. The number of carbonyl (C=O) groups is 5. The van der Waals surface area contributed by atoms with Gasteiger partial charge in [-0.2, -0.15) is 18.3 Å². The van der Waals surface area contributed by atoms with E-state index in [2.05, 4.69) is 19.8 Å². The van der Waals surface area contributed by atoms with E-state index in [0.29, 0.717) is 11.6 Å². The van der Waals surface area contributed by atoms with Gasteiger partial charge in [0.25, 0.3) is 11.5 Å². The van der Waals surface area contributed by atoms with E-state index in [1.165, 1.54) is 18.2 Å². The number of halogens is 4. The molecular weight excluding hydrogens is 637 g/mol. The van der Waals surface area contributed by atoms with E-state index in [-0.39, 0.29) is 16.6 Å². The van der Waals surface area contributed by atoms with Crippen LogP contribution in [0.5, 0.6) is 0 Å². The monoisotopic (exact) mass is 656 g/mol. The Bertz CT molecular complexity index is 1980. The zero-order chi connectivity index (χ0) is 33.8. The maximum absolute atomic E-state index is 13.6. The van der Waals surface area contributed by atoms with E-state index < -0.39 is 74.8 Å². The lowest BCUT2D eigenvalue weighted by Gasteiger charge is -2.17. The number of aromatic nitrogens is 2. The van der Waals surface area contributed by atoms with Crippen molar-refractivity contribution in [3.05, 3.63) is 104 Å². The van der Waals surface area contributed by atoms with Crippen LogP contribution in [0.4, 0.5) is 23.7 Å². The molecule has 0 fully saturated rings. The second kappa shape index (κ2) is 13.4. The smallest absolute Gasteiger partial charge is 0.417 e. The van der Waals surface area contributed by atoms with Gasteiger partial charge in [0.05, 0.1) is 28.7 Å².